The van der Waals surface area contributed by atoms with Crippen molar-refractivity contribution in [3.05, 3.63) is 12.7 Å². The highest BCUT2D eigenvalue weighted by molar-refractivity contribution is 7.79. The van der Waals surface area contributed by atoms with Crippen molar-refractivity contribution in [1.29, 1.82) is 0 Å². The molecule has 0 aliphatic rings. The van der Waals surface area contributed by atoms with Gasteiger partial charge < -0.3 is 4.55 Å². The summed E-state index contributed by atoms with van der Waals surface area (Å²) < 4.78 is 19.1. The third-order valence-electron chi connectivity index (χ3n) is 0.254. The molecule has 0 saturated heterocycles. The van der Waals surface area contributed by atoms with Crippen molar-refractivity contribution in [2.75, 3.05) is 5.75 Å². The Morgan fingerprint density at radius 3 is 1.78 bits per heavy atom. The second-order valence-electron chi connectivity index (χ2n) is 0.759. The van der Waals surface area contributed by atoms with Crippen LogP contribution in [-0.4, -0.2) is 14.5 Å². The molecule has 0 amide bonds. The van der Waals surface area contributed by atoms with Gasteiger partial charge in [0.2, 0.25) is 0 Å². The Labute approximate surface area is 53.3 Å². The standard InChI is InChI=1S/C3H6O2S.3FH/c1-2-3-6(4)5;;;/h2H,1,3H2,(H,4,5);3*1H/p-1. The molecule has 0 bridgehead atoms. The largest absolute Gasteiger partial charge is 0.772 e. The summed E-state index contributed by atoms with van der Waals surface area (Å²) in [6.45, 7) is 3.21. The second kappa shape index (κ2) is 15.6. The number of hydrogen-bond donors (Lipinski definition) is 0. The van der Waals surface area contributed by atoms with Crippen LogP contribution in [0.15, 0.2) is 12.7 Å². The lowest BCUT2D eigenvalue weighted by atomic mass is 10.8. The van der Waals surface area contributed by atoms with E-state index >= 15 is 0 Å². The Morgan fingerprint density at radius 2 is 1.78 bits per heavy atom. The molecule has 0 aliphatic carbocycles. The maximum Gasteiger partial charge on any atom is 0.0279 e. The lowest BCUT2D eigenvalue weighted by Gasteiger charge is -1.94. The van der Waals surface area contributed by atoms with Crippen LogP contribution in [-0.2, 0) is 11.1 Å². The maximum atomic E-state index is 9.53. The lowest BCUT2D eigenvalue weighted by molar-refractivity contribution is 0.540. The van der Waals surface area contributed by atoms with Gasteiger partial charge in [0.15, 0.2) is 0 Å². The Hall–Kier alpha value is -0.360. The molecular formula is C3H8F3O2S-. The van der Waals surface area contributed by atoms with Crippen LogP contribution in [0.2, 0.25) is 0 Å². The van der Waals surface area contributed by atoms with Gasteiger partial charge >= 0.3 is 0 Å². The van der Waals surface area contributed by atoms with Gasteiger partial charge in [-0.3, -0.25) is 18.3 Å². The second-order valence-corrected chi connectivity index (χ2v) is 1.70. The average Bonchev–Trinajstić information content (AvgIpc) is 1.35. The fourth-order valence-electron chi connectivity index (χ4n) is 0.0962. The predicted octanol–water partition coefficient (Wildman–Crippen LogP) is 0.509. The molecule has 60 valence electrons. The van der Waals surface area contributed by atoms with Gasteiger partial charge in [-0.15, -0.1) is 6.58 Å². The van der Waals surface area contributed by atoms with E-state index < -0.39 is 11.1 Å². The van der Waals surface area contributed by atoms with E-state index in [1.165, 1.54) is 6.08 Å². The number of halogens is 3. The Bertz CT molecular complexity index is 77.5. The van der Waals surface area contributed by atoms with Crippen molar-refractivity contribution in [2.45, 2.75) is 0 Å². The summed E-state index contributed by atoms with van der Waals surface area (Å²) in [5, 5.41) is 0. The molecule has 0 rings (SSSR count). The lowest BCUT2D eigenvalue weighted by Crippen LogP contribution is -1.87. The van der Waals surface area contributed by atoms with Gasteiger partial charge in [-0.2, -0.15) is 0 Å². The van der Waals surface area contributed by atoms with Crippen molar-refractivity contribution >= 4 is 11.1 Å². The summed E-state index contributed by atoms with van der Waals surface area (Å²) in [4.78, 5) is 0. The van der Waals surface area contributed by atoms with Gasteiger partial charge in [0.05, 0.1) is 0 Å². The highest BCUT2D eigenvalue weighted by Gasteiger charge is 1.67. The zero-order valence-electron chi connectivity index (χ0n) is 4.44. The van der Waals surface area contributed by atoms with Crippen LogP contribution in [0.5, 0.6) is 0 Å². The highest BCUT2D eigenvalue weighted by Crippen LogP contribution is 1.69. The van der Waals surface area contributed by atoms with E-state index in [-0.39, 0.29) is 19.9 Å². The first kappa shape index (κ1) is 23.4. The number of rotatable bonds is 2. The van der Waals surface area contributed by atoms with E-state index in [0.29, 0.717) is 0 Å². The molecule has 0 aromatic heterocycles. The zero-order valence-corrected chi connectivity index (χ0v) is 5.26. The van der Waals surface area contributed by atoms with E-state index in [1.807, 2.05) is 0 Å². The van der Waals surface area contributed by atoms with Gasteiger partial charge in [0.25, 0.3) is 0 Å². The molecule has 0 heterocycles. The maximum absolute atomic E-state index is 9.53. The Morgan fingerprint density at radius 1 is 1.44 bits per heavy atom. The minimum atomic E-state index is -1.93. The average molecular weight is 165 g/mol. The van der Waals surface area contributed by atoms with Crippen LogP contribution >= 0.6 is 0 Å². The molecule has 0 aliphatic heterocycles. The van der Waals surface area contributed by atoms with Crippen LogP contribution < -0.4 is 0 Å². The van der Waals surface area contributed by atoms with Crippen LogP contribution in [0.3, 0.4) is 0 Å². The summed E-state index contributed by atoms with van der Waals surface area (Å²) in [6, 6.07) is 0. The van der Waals surface area contributed by atoms with Crippen LogP contribution in [0.25, 0.3) is 0 Å². The van der Waals surface area contributed by atoms with E-state index in [0.717, 1.165) is 0 Å². The predicted molar refractivity (Wildman–Crippen MR) is 31.5 cm³/mol. The summed E-state index contributed by atoms with van der Waals surface area (Å²) in [6.07, 6.45) is 1.34. The van der Waals surface area contributed by atoms with Gasteiger partial charge in [0, 0.05) is 5.75 Å². The van der Waals surface area contributed by atoms with Gasteiger partial charge in [-0.1, -0.05) is 17.2 Å². The highest BCUT2D eigenvalue weighted by atomic mass is 32.2. The topological polar surface area (TPSA) is 40.1 Å². The third kappa shape index (κ3) is 34.9. The monoisotopic (exact) mass is 165 g/mol. The molecule has 0 fully saturated rings. The fraction of sp³-hybridized carbons (Fsp3) is 0.333. The molecule has 9 heavy (non-hydrogen) atoms. The molecule has 2 nitrogen and oxygen atoms in total. The van der Waals surface area contributed by atoms with Crippen molar-refractivity contribution in [1.82, 2.24) is 0 Å². The molecule has 0 aromatic carbocycles. The van der Waals surface area contributed by atoms with E-state index in [9.17, 15) is 8.76 Å². The summed E-state index contributed by atoms with van der Waals surface area (Å²) in [5.74, 6) is 0.0556. The van der Waals surface area contributed by atoms with E-state index in [4.69, 9.17) is 0 Å². The molecule has 0 spiro atoms. The Kier molecular flexibility index (Phi) is 40.7. The molecule has 0 N–H and O–H groups in total. The van der Waals surface area contributed by atoms with E-state index in [1.54, 1.807) is 0 Å². The van der Waals surface area contributed by atoms with Gasteiger partial charge in [-0.05, 0) is 0 Å². The minimum Gasteiger partial charge on any atom is -0.772 e. The third-order valence-corrected chi connectivity index (χ3v) is 0.762. The van der Waals surface area contributed by atoms with Crippen molar-refractivity contribution in [3.8, 4) is 0 Å². The smallest absolute Gasteiger partial charge is 0.0279 e. The molecule has 0 aromatic rings. The molecule has 1 atom stereocenters. The minimum absolute atomic E-state index is 0. The van der Waals surface area contributed by atoms with Gasteiger partial charge in [-0.25, -0.2) is 0 Å². The molecule has 6 heteroatoms. The summed E-state index contributed by atoms with van der Waals surface area (Å²) in [5.41, 5.74) is 0. The first-order valence-electron chi connectivity index (χ1n) is 1.44. The van der Waals surface area contributed by atoms with Crippen molar-refractivity contribution < 1.29 is 22.9 Å². The molecule has 0 radical (unpaired) electrons. The fourth-order valence-corrected chi connectivity index (χ4v) is 0.289. The first-order chi connectivity index (χ1) is 2.77. The number of hydrogen-bond acceptors (Lipinski definition) is 2. The Balaban J connectivity index is -0.0000000417. The van der Waals surface area contributed by atoms with E-state index in [2.05, 4.69) is 6.58 Å². The summed E-state index contributed by atoms with van der Waals surface area (Å²) >= 11 is -1.93. The molecular weight excluding hydrogens is 157 g/mol. The normalized spacial score (nSPS) is 9.00. The zero-order chi connectivity index (χ0) is 4.99. The van der Waals surface area contributed by atoms with Crippen LogP contribution in [0, 0.1) is 0 Å². The summed E-state index contributed by atoms with van der Waals surface area (Å²) in [7, 11) is 0. The SMILES string of the molecule is C=CCS(=O)[O-].F.F.F. The van der Waals surface area contributed by atoms with Gasteiger partial charge in [0.1, 0.15) is 0 Å². The van der Waals surface area contributed by atoms with Crippen molar-refractivity contribution in [3.63, 3.8) is 0 Å². The van der Waals surface area contributed by atoms with Crippen LogP contribution in [0.1, 0.15) is 0 Å². The molecule has 0 saturated carbocycles. The van der Waals surface area contributed by atoms with Crippen LogP contribution in [0.4, 0.5) is 14.1 Å². The first-order valence-corrected chi connectivity index (χ1v) is 2.68. The van der Waals surface area contributed by atoms with Crippen molar-refractivity contribution in [2.24, 2.45) is 0 Å². The quantitative estimate of drug-likeness (QED) is 0.441. The molecule has 1 unspecified atom stereocenters.